The maximum absolute atomic E-state index is 13.9. The van der Waals surface area contributed by atoms with Crippen LogP contribution < -0.4 is 10.6 Å². The second-order valence-corrected chi connectivity index (χ2v) is 10.5. The van der Waals surface area contributed by atoms with Crippen molar-refractivity contribution in [3.63, 3.8) is 0 Å². The molecule has 13 heteroatoms. The summed E-state index contributed by atoms with van der Waals surface area (Å²) in [4.78, 5) is 64.6. The lowest BCUT2D eigenvalue weighted by Crippen LogP contribution is -2.56. The van der Waals surface area contributed by atoms with Crippen LogP contribution in [0.25, 0.3) is 0 Å². The maximum Gasteiger partial charge on any atom is 0.407 e. The summed E-state index contributed by atoms with van der Waals surface area (Å²) in [5, 5.41) is 4.81. The van der Waals surface area contributed by atoms with Gasteiger partial charge in [0.05, 0.1) is 13.7 Å². The van der Waals surface area contributed by atoms with Gasteiger partial charge in [-0.1, -0.05) is 26.7 Å². The topological polar surface area (TPSA) is 140 Å². The van der Waals surface area contributed by atoms with E-state index < -0.39 is 59.8 Å². The number of ether oxygens (including phenoxy) is 3. The van der Waals surface area contributed by atoms with Gasteiger partial charge in [-0.05, 0) is 49.8 Å². The average Bonchev–Trinajstić information content (AvgIpc) is 3.41. The van der Waals surface area contributed by atoms with E-state index in [1.54, 1.807) is 0 Å². The number of likely N-dealkylation sites (tertiary alicyclic amines) is 1. The fourth-order valence-electron chi connectivity index (χ4n) is 4.81. The Morgan fingerprint density at radius 2 is 1.71 bits per heavy atom. The molecule has 234 valence electrons. The van der Waals surface area contributed by atoms with Crippen molar-refractivity contribution in [3.05, 3.63) is 35.4 Å². The zero-order valence-electron chi connectivity index (χ0n) is 24.7. The summed E-state index contributed by atoms with van der Waals surface area (Å²) in [6.45, 7) is 7.24. The van der Waals surface area contributed by atoms with Gasteiger partial charge in [-0.25, -0.2) is 23.2 Å². The number of methoxy groups -OCH3 is 1. The van der Waals surface area contributed by atoms with Crippen molar-refractivity contribution in [2.45, 2.75) is 90.4 Å². The molecule has 1 saturated heterocycles. The summed E-state index contributed by atoms with van der Waals surface area (Å²) in [5.74, 6) is -4.35. The van der Waals surface area contributed by atoms with Crippen molar-refractivity contribution < 1.29 is 47.0 Å². The summed E-state index contributed by atoms with van der Waals surface area (Å²) in [5.41, 5.74) is 0.0594. The van der Waals surface area contributed by atoms with Crippen LogP contribution in [-0.4, -0.2) is 79.2 Å². The highest BCUT2D eigenvalue weighted by Gasteiger charge is 2.38. The highest BCUT2D eigenvalue weighted by atomic mass is 19.1. The molecule has 1 aliphatic rings. The van der Waals surface area contributed by atoms with E-state index in [0.717, 1.165) is 32.1 Å². The molecule has 0 aromatic heterocycles. The van der Waals surface area contributed by atoms with Gasteiger partial charge in [0.2, 0.25) is 11.8 Å². The molecule has 1 aromatic rings. The molecule has 0 spiro atoms. The van der Waals surface area contributed by atoms with E-state index in [1.165, 1.54) is 18.7 Å². The number of halogens is 2. The van der Waals surface area contributed by atoms with Crippen LogP contribution in [0.5, 0.6) is 0 Å². The van der Waals surface area contributed by atoms with Gasteiger partial charge < -0.3 is 29.7 Å². The van der Waals surface area contributed by atoms with Crippen LogP contribution in [0, 0.1) is 17.6 Å². The van der Waals surface area contributed by atoms with Gasteiger partial charge in [0.15, 0.2) is 6.04 Å². The van der Waals surface area contributed by atoms with E-state index in [2.05, 4.69) is 10.6 Å². The Balaban J connectivity index is 2.19. The number of carbonyl (C=O) groups excluding carboxylic acids is 5. The first-order valence-corrected chi connectivity index (χ1v) is 14.1. The fourth-order valence-corrected chi connectivity index (χ4v) is 4.81. The van der Waals surface area contributed by atoms with Crippen molar-refractivity contribution in [3.8, 4) is 0 Å². The van der Waals surface area contributed by atoms with Crippen molar-refractivity contribution in [1.29, 1.82) is 0 Å². The molecule has 1 aliphatic heterocycles. The van der Waals surface area contributed by atoms with Crippen molar-refractivity contribution in [2.75, 3.05) is 20.3 Å². The third-order valence-corrected chi connectivity index (χ3v) is 7.05. The zero-order chi connectivity index (χ0) is 31.4. The minimum atomic E-state index is -1.50. The molecule has 0 aliphatic carbocycles. The van der Waals surface area contributed by atoms with Gasteiger partial charge in [-0.2, -0.15) is 0 Å². The SMILES string of the molecule is CCCC(C)CCOC(=O)N[C@@H](Cc1cc(F)cc(F)c1)C(=O)N[C@H](C(=O)OC)[C@H](C)OC(=O)C1CCCN1C(C)=O. The number of benzene rings is 1. The van der Waals surface area contributed by atoms with Crippen LogP contribution in [0.1, 0.15) is 65.4 Å². The third-order valence-electron chi connectivity index (χ3n) is 7.05. The number of hydrogen-bond donors (Lipinski definition) is 2. The highest BCUT2D eigenvalue weighted by molar-refractivity contribution is 5.90. The van der Waals surface area contributed by atoms with E-state index in [1.807, 2.05) is 13.8 Å². The molecular weight excluding hydrogens is 556 g/mol. The fraction of sp³-hybridized carbons (Fsp3) is 0.621. The standard InChI is InChI=1S/C29H41F2N3O8/c1-6-8-17(2)10-12-41-29(39)32-23(15-20-13-21(30)16-22(31)14-20)26(36)33-25(28(38)40-5)18(3)42-27(37)24-9-7-11-34(24)19(4)35/h13-14,16-18,23-25H,6-12,15H2,1-5H3,(H,32,39)(H,33,36)/t17?,18-,23-,24?,25-/m0/s1. The highest BCUT2D eigenvalue weighted by Crippen LogP contribution is 2.20. The van der Waals surface area contributed by atoms with Crippen LogP contribution in [0.4, 0.5) is 13.6 Å². The predicted octanol–water partition coefficient (Wildman–Crippen LogP) is 3.03. The smallest absolute Gasteiger partial charge is 0.407 e. The van der Waals surface area contributed by atoms with E-state index in [0.29, 0.717) is 37.8 Å². The van der Waals surface area contributed by atoms with Gasteiger partial charge in [-0.15, -0.1) is 0 Å². The lowest BCUT2D eigenvalue weighted by Gasteiger charge is -2.28. The van der Waals surface area contributed by atoms with Crippen LogP contribution in [0.3, 0.4) is 0 Å². The van der Waals surface area contributed by atoms with Gasteiger partial charge in [-0.3, -0.25) is 9.59 Å². The van der Waals surface area contributed by atoms with Gasteiger partial charge >= 0.3 is 18.0 Å². The molecule has 2 unspecified atom stereocenters. The number of esters is 2. The lowest BCUT2D eigenvalue weighted by atomic mass is 10.0. The Morgan fingerprint density at radius 3 is 2.31 bits per heavy atom. The largest absolute Gasteiger partial charge is 0.467 e. The maximum atomic E-state index is 13.9. The summed E-state index contributed by atoms with van der Waals surface area (Å²) in [6.07, 6.45) is 1.000. The van der Waals surface area contributed by atoms with Gasteiger partial charge in [0.25, 0.3) is 0 Å². The Labute approximate surface area is 244 Å². The molecule has 2 N–H and O–H groups in total. The normalized spacial score (nSPS) is 17.4. The monoisotopic (exact) mass is 597 g/mol. The lowest BCUT2D eigenvalue weighted by molar-refractivity contribution is -0.163. The number of hydrogen-bond acceptors (Lipinski definition) is 8. The summed E-state index contributed by atoms with van der Waals surface area (Å²) < 4.78 is 43.2. The second kappa shape index (κ2) is 16.6. The number of rotatable bonds is 14. The van der Waals surface area contributed by atoms with Gasteiger partial charge in [0.1, 0.15) is 29.8 Å². The Kier molecular flexibility index (Phi) is 13.6. The third kappa shape index (κ3) is 10.6. The van der Waals surface area contributed by atoms with Crippen molar-refractivity contribution in [1.82, 2.24) is 15.5 Å². The molecule has 0 bridgehead atoms. The van der Waals surface area contributed by atoms with Crippen LogP contribution in [-0.2, 0) is 39.8 Å². The Morgan fingerprint density at radius 1 is 1.05 bits per heavy atom. The number of nitrogens with zero attached hydrogens (tertiary/aromatic N) is 1. The number of nitrogens with one attached hydrogen (secondary N) is 2. The summed E-state index contributed by atoms with van der Waals surface area (Å²) in [7, 11) is 1.08. The minimum absolute atomic E-state index is 0.0594. The molecular formula is C29H41F2N3O8. The second-order valence-electron chi connectivity index (χ2n) is 10.5. The summed E-state index contributed by atoms with van der Waals surface area (Å²) >= 11 is 0. The van der Waals surface area contributed by atoms with E-state index >= 15 is 0 Å². The number of carbonyl (C=O) groups is 5. The van der Waals surface area contributed by atoms with E-state index in [-0.39, 0.29) is 24.5 Å². The quantitative estimate of drug-likeness (QED) is 0.246. The minimum Gasteiger partial charge on any atom is -0.467 e. The molecule has 1 fully saturated rings. The van der Waals surface area contributed by atoms with Crippen LogP contribution in [0.15, 0.2) is 18.2 Å². The summed E-state index contributed by atoms with van der Waals surface area (Å²) in [6, 6.07) is -1.08. The van der Waals surface area contributed by atoms with Crippen molar-refractivity contribution >= 4 is 29.8 Å². The molecule has 0 radical (unpaired) electrons. The first-order valence-electron chi connectivity index (χ1n) is 14.1. The van der Waals surface area contributed by atoms with Crippen molar-refractivity contribution in [2.24, 2.45) is 5.92 Å². The Bertz CT molecular complexity index is 1100. The molecule has 3 amide bonds. The average molecular weight is 598 g/mol. The molecule has 42 heavy (non-hydrogen) atoms. The molecule has 1 heterocycles. The molecule has 0 saturated carbocycles. The first-order chi connectivity index (χ1) is 19.9. The van der Waals surface area contributed by atoms with E-state index in [4.69, 9.17) is 14.2 Å². The van der Waals surface area contributed by atoms with Crippen LogP contribution in [0.2, 0.25) is 0 Å². The zero-order valence-corrected chi connectivity index (χ0v) is 24.7. The van der Waals surface area contributed by atoms with E-state index in [9.17, 15) is 32.8 Å². The number of alkyl carbamates (subject to hydrolysis) is 1. The number of amides is 3. The van der Waals surface area contributed by atoms with Gasteiger partial charge in [0, 0.05) is 26.0 Å². The molecule has 2 rings (SSSR count). The first kappa shape index (κ1) is 34.4. The molecule has 1 aromatic carbocycles. The molecule has 5 atom stereocenters. The Hall–Kier alpha value is -3.77. The predicted molar refractivity (Wildman–Crippen MR) is 147 cm³/mol. The molecule has 11 nitrogen and oxygen atoms in total. The van der Waals surface area contributed by atoms with Crippen LogP contribution >= 0.6 is 0 Å².